The van der Waals surface area contributed by atoms with Gasteiger partial charge in [-0.05, 0) is 168 Å². The third-order valence-electron chi connectivity index (χ3n) is 20.1. The topological polar surface area (TPSA) is 331 Å². The standard InChI is InChI=1S/C28H27FN6O2.C23H19FN6O.C18H18N2O.C10H10ClFN4O.C5H2ClFN4/c1-17-9-8-10-19-15-21(35(27(36)23(17)19)20-11-4-3-5-12-20)18(2)31-25-24-26(33-28(29)32-25)34(16-30-24)22-13-6-7-14-37-22;1-13-7-6-8-15-11-17(30(22(31)18(13)15)16-9-4-3-5-10-16)14(2)27-21-19-20(26-12-25-19)28-23(24)29-21;1-12-7-6-8-14-11-16(13(2)19)20(18(21)17(12)14)15-9-4-3-5-10-15;11-8-7-9(15-10(12)14-8)16(5-13-7)6-3-1-2-4-17-6;6-3-2-4(9-1-8-2)11-5(7)10-3/h3-5,8-12,15-16,18,22H,6-7,13-14H2,1-2H3,(H,31,32,33);3-12,14H,1-2H3,(H2,25,26,27,28,29);3-11,13H,19H2,1-2H3;5-6H,1-4H2;1H,(H,8,9,10,11)/t18-,22?;14-;13-;;/m000../s1. The van der Waals surface area contributed by atoms with Gasteiger partial charge in [-0.2, -0.15) is 57.4 Å². The number of nitrogens with two attached hydrogens (primary N) is 1. The van der Waals surface area contributed by atoms with Crippen LogP contribution in [0, 0.1) is 45.1 Å². The van der Waals surface area contributed by atoms with E-state index in [1.807, 2.05) is 205 Å². The number of ether oxygens (including phenoxy) is 2. The van der Waals surface area contributed by atoms with E-state index in [-0.39, 0.29) is 74.5 Å². The maximum absolute atomic E-state index is 14.6. The highest BCUT2D eigenvalue weighted by atomic mass is 35.5. The number of aryl methyl sites for hydroxylation is 3. The monoisotopic (exact) mass is 1620 g/mol. The fourth-order valence-electron chi connectivity index (χ4n) is 14.6. The van der Waals surface area contributed by atoms with Gasteiger partial charge in [0.05, 0.1) is 53.6 Å². The Hall–Kier alpha value is -13.1. The van der Waals surface area contributed by atoms with Crippen LogP contribution in [0.3, 0.4) is 0 Å². The van der Waals surface area contributed by atoms with Gasteiger partial charge in [-0.3, -0.25) is 37.2 Å². The summed E-state index contributed by atoms with van der Waals surface area (Å²) in [5.41, 5.74) is 16.3. The molecule has 5 atom stereocenters. The first-order valence-electron chi connectivity index (χ1n) is 37.6. The van der Waals surface area contributed by atoms with Crippen LogP contribution in [-0.4, -0.2) is 106 Å². The lowest BCUT2D eigenvalue weighted by atomic mass is 10.0. The van der Waals surface area contributed by atoms with Gasteiger partial charge in [0.25, 0.3) is 16.7 Å². The second-order valence-corrected chi connectivity index (χ2v) is 28.7. The Morgan fingerprint density at radius 3 is 1.29 bits per heavy atom. The highest BCUT2D eigenvalue weighted by molar-refractivity contribution is 6.33. The van der Waals surface area contributed by atoms with Crippen LogP contribution in [0.25, 0.3) is 94.0 Å². The molecule has 0 saturated carbocycles. The normalized spacial score (nSPS) is 14.9. The number of nitrogens with one attached hydrogen (secondary N) is 4. The van der Waals surface area contributed by atoms with E-state index >= 15 is 0 Å². The molecule has 117 heavy (non-hydrogen) atoms. The number of halogens is 6. The third kappa shape index (κ3) is 16.7. The molecule has 11 aromatic heterocycles. The molecule has 0 aliphatic carbocycles. The van der Waals surface area contributed by atoms with Crippen LogP contribution in [0.4, 0.5) is 29.2 Å². The Morgan fingerprint density at radius 1 is 0.444 bits per heavy atom. The zero-order chi connectivity index (χ0) is 81.7. The van der Waals surface area contributed by atoms with E-state index < -0.39 is 30.4 Å². The molecule has 0 bridgehead atoms. The van der Waals surface area contributed by atoms with E-state index in [0.717, 1.165) is 111 Å². The molecule has 19 rings (SSSR count). The number of hydrogen-bond donors (Lipinski definition) is 5. The second kappa shape index (κ2) is 34.6. The molecule has 0 amide bonds. The Balaban J connectivity index is 0.000000121. The quantitative estimate of drug-likeness (QED) is 0.0431. The van der Waals surface area contributed by atoms with Crippen LogP contribution in [-0.2, 0) is 9.47 Å². The summed E-state index contributed by atoms with van der Waals surface area (Å²) in [6.45, 7) is 12.9. The van der Waals surface area contributed by atoms with E-state index in [2.05, 4.69) is 80.4 Å². The summed E-state index contributed by atoms with van der Waals surface area (Å²) in [5, 5.41) is 11.3. The summed E-state index contributed by atoms with van der Waals surface area (Å²) in [6.07, 6.45) is 8.05. The first kappa shape index (κ1) is 79.2. The number of H-pyrrole nitrogens is 2. The molecule has 17 aromatic rings. The fourth-order valence-corrected chi connectivity index (χ4v) is 15.0. The second-order valence-electron chi connectivity index (χ2n) is 28.0. The van der Waals surface area contributed by atoms with E-state index in [0.29, 0.717) is 57.3 Å². The van der Waals surface area contributed by atoms with Crippen molar-refractivity contribution < 1.29 is 27.0 Å². The first-order chi connectivity index (χ1) is 56.7. The Bertz CT molecular complexity index is 6690. The van der Waals surface area contributed by atoms with E-state index in [9.17, 15) is 31.9 Å². The minimum atomic E-state index is -0.871. The lowest BCUT2D eigenvalue weighted by Gasteiger charge is -2.24. The van der Waals surface area contributed by atoms with Crippen LogP contribution in [0.5, 0.6) is 0 Å². The molecule has 6 N–H and O–H groups in total. The van der Waals surface area contributed by atoms with Crippen molar-refractivity contribution >= 4 is 112 Å². The van der Waals surface area contributed by atoms with E-state index in [1.54, 1.807) is 35.5 Å². The fraction of sp³-hybridized carbons (Fsp3) is 0.226. The predicted octanol–water partition coefficient (Wildman–Crippen LogP) is 16.5. The first-order valence-corrected chi connectivity index (χ1v) is 38.4. The number of pyridine rings is 3. The van der Waals surface area contributed by atoms with Crippen LogP contribution < -0.4 is 33.0 Å². The van der Waals surface area contributed by atoms with Crippen molar-refractivity contribution in [2.75, 3.05) is 23.8 Å². The number of fused-ring (bicyclic) bond motifs is 7. The van der Waals surface area contributed by atoms with Crippen molar-refractivity contribution in [3.63, 3.8) is 0 Å². The van der Waals surface area contributed by atoms with Gasteiger partial charge < -0.3 is 35.8 Å². The zero-order valence-corrected chi connectivity index (χ0v) is 65.4. The van der Waals surface area contributed by atoms with E-state index in [1.165, 1.54) is 12.7 Å². The van der Waals surface area contributed by atoms with Crippen molar-refractivity contribution in [1.29, 1.82) is 0 Å². The molecule has 2 aliphatic heterocycles. The minimum absolute atomic E-state index is 0.0101. The molecule has 6 aromatic carbocycles. The molecule has 13 heterocycles. The maximum Gasteiger partial charge on any atom is 0.312 e. The smallest absolute Gasteiger partial charge is 0.312 e. The van der Waals surface area contributed by atoms with Gasteiger partial charge in [-0.15, -0.1) is 0 Å². The lowest BCUT2D eigenvalue weighted by molar-refractivity contribution is -0.0300. The van der Waals surface area contributed by atoms with Gasteiger partial charge in [-0.25, -0.2) is 19.9 Å². The SMILES string of the molecule is Cc1cccc2cc([C@H](C)N)n(-c3ccccc3)c(=O)c12.Cc1cccc2cc([C@H](C)Nc3nc(F)nc4c3ncn4C3CCCCO3)n(-c3ccccc3)c(=O)c12.Cc1cccc2cc([C@H](C)Nc3nc(F)nc4nc[nH]c34)n(-c3ccccc3)c(=O)c12.Fc1nc(Cl)c2[nH]cnc2n1.Fc1nc(Cl)c2ncn(C3CCCCO3)c2n1. The number of para-hydroxylation sites is 3. The summed E-state index contributed by atoms with van der Waals surface area (Å²) < 4.78 is 74.2. The number of aromatic amines is 2. The maximum atomic E-state index is 14.6. The number of hydrogen-bond acceptors (Lipinski definition) is 20. The summed E-state index contributed by atoms with van der Waals surface area (Å²) in [7, 11) is 0. The lowest BCUT2D eigenvalue weighted by Crippen LogP contribution is -2.26. The van der Waals surface area contributed by atoms with Crippen LogP contribution in [0.2, 0.25) is 10.3 Å². The minimum Gasteiger partial charge on any atom is -0.360 e. The number of imidazole rings is 4. The summed E-state index contributed by atoms with van der Waals surface area (Å²) in [5.74, 6) is 0.546. The molecule has 594 valence electrons. The number of benzene rings is 6. The molecule has 0 spiro atoms. The summed E-state index contributed by atoms with van der Waals surface area (Å²) in [6, 6.07) is 51.1. The van der Waals surface area contributed by atoms with Crippen LogP contribution in [0.15, 0.2) is 203 Å². The molecule has 2 unspecified atom stereocenters. The number of aromatic nitrogens is 19. The molecule has 2 fully saturated rings. The van der Waals surface area contributed by atoms with Crippen molar-refractivity contribution in [3.8, 4) is 17.1 Å². The van der Waals surface area contributed by atoms with Crippen molar-refractivity contribution in [2.24, 2.45) is 5.73 Å². The number of nitrogens with zero attached hydrogens (tertiary/aromatic N) is 17. The van der Waals surface area contributed by atoms with E-state index in [4.69, 9.17) is 38.4 Å². The van der Waals surface area contributed by atoms with Crippen molar-refractivity contribution in [2.45, 2.75) is 111 Å². The van der Waals surface area contributed by atoms with Gasteiger partial charge in [0.2, 0.25) is 0 Å². The Labute approximate surface area is 673 Å². The van der Waals surface area contributed by atoms with Crippen molar-refractivity contribution in [1.82, 2.24) is 92.6 Å². The molecular formula is C84H76Cl2F4N22O5. The third-order valence-corrected chi connectivity index (χ3v) is 20.6. The zero-order valence-electron chi connectivity index (χ0n) is 63.9. The molecule has 2 aliphatic rings. The average Bonchev–Trinajstić information content (AvgIpc) is 1.70. The molecule has 27 nitrogen and oxygen atoms in total. The number of anilines is 2. The highest BCUT2D eigenvalue weighted by Crippen LogP contribution is 2.34. The Kier molecular flexibility index (Phi) is 23.4. The molecule has 2 saturated heterocycles. The average molecular weight is 1620 g/mol. The van der Waals surface area contributed by atoms with Gasteiger partial charge in [-0.1, -0.05) is 132 Å². The predicted molar refractivity (Wildman–Crippen MR) is 441 cm³/mol. The van der Waals surface area contributed by atoms with Crippen LogP contribution >= 0.6 is 23.2 Å². The molecule has 33 heteroatoms. The largest absolute Gasteiger partial charge is 0.360 e. The molecule has 0 radical (unpaired) electrons. The molecular weight excluding hydrogens is 1540 g/mol. The summed E-state index contributed by atoms with van der Waals surface area (Å²) >= 11 is 11.3. The van der Waals surface area contributed by atoms with Gasteiger partial charge in [0, 0.05) is 53.4 Å². The Morgan fingerprint density at radius 2 is 0.829 bits per heavy atom. The van der Waals surface area contributed by atoms with Gasteiger partial charge in [0.1, 0.15) is 29.0 Å². The van der Waals surface area contributed by atoms with Gasteiger partial charge >= 0.3 is 24.3 Å². The summed E-state index contributed by atoms with van der Waals surface area (Å²) in [4.78, 5) is 91.8. The number of rotatable bonds is 12. The highest BCUT2D eigenvalue weighted by Gasteiger charge is 2.27. The van der Waals surface area contributed by atoms with Gasteiger partial charge in [0.15, 0.2) is 50.0 Å². The van der Waals surface area contributed by atoms with Crippen molar-refractivity contribution in [3.05, 3.63) is 289 Å². The van der Waals surface area contributed by atoms with Crippen LogP contribution in [0.1, 0.15) is 124 Å².